The van der Waals surface area contributed by atoms with Crippen LogP contribution in [0.25, 0.3) is 0 Å². The standard InChI is InChI=1S/C16H25NO4/c1-10(18)17-8-7-14(20)15(21)11-5-6-13(19)12(9-11)16(2,3)4/h5-6,9,14-15,19-21H,7-8H2,1-4H3,(H,17,18). The third kappa shape index (κ3) is 5.02. The van der Waals surface area contributed by atoms with Gasteiger partial charge in [0.1, 0.15) is 11.9 Å². The highest BCUT2D eigenvalue weighted by molar-refractivity contribution is 5.72. The molecule has 21 heavy (non-hydrogen) atoms. The van der Waals surface area contributed by atoms with Gasteiger partial charge in [0.15, 0.2) is 0 Å². The molecule has 0 aliphatic rings. The number of carbonyl (C=O) groups excluding carboxylic acids is 1. The van der Waals surface area contributed by atoms with Gasteiger partial charge in [0.25, 0.3) is 0 Å². The molecule has 5 nitrogen and oxygen atoms in total. The molecule has 0 heterocycles. The van der Waals surface area contributed by atoms with E-state index in [9.17, 15) is 20.1 Å². The van der Waals surface area contributed by atoms with E-state index >= 15 is 0 Å². The molecule has 118 valence electrons. The smallest absolute Gasteiger partial charge is 0.216 e. The molecule has 1 aromatic carbocycles. The Hall–Kier alpha value is -1.59. The van der Waals surface area contributed by atoms with Crippen molar-refractivity contribution in [1.82, 2.24) is 5.32 Å². The lowest BCUT2D eigenvalue weighted by molar-refractivity contribution is -0.119. The Balaban J connectivity index is 2.82. The maximum Gasteiger partial charge on any atom is 0.216 e. The van der Waals surface area contributed by atoms with Crippen LogP contribution in [0, 0.1) is 0 Å². The monoisotopic (exact) mass is 295 g/mol. The molecule has 0 fully saturated rings. The number of aliphatic hydroxyl groups excluding tert-OH is 2. The fourth-order valence-electron chi connectivity index (χ4n) is 2.11. The summed E-state index contributed by atoms with van der Waals surface area (Å²) in [7, 11) is 0. The van der Waals surface area contributed by atoms with E-state index in [0.717, 1.165) is 0 Å². The van der Waals surface area contributed by atoms with Gasteiger partial charge in [-0.05, 0) is 35.1 Å². The lowest BCUT2D eigenvalue weighted by atomic mass is 9.84. The summed E-state index contributed by atoms with van der Waals surface area (Å²) in [5.74, 6) is 0.00234. The molecule has 0 aromatic heterocycles. The number of aliphatic hydroxyl groups is 2. The highest BCUT2D eigenvalue weighted by Gasteiger charge is 2.23. The molecule has 2 unspecified atom stereocenters. The normalized spacial score (nSPS) is 14.6. The molecule has 1 aromatic rings. The summed E-state index contributed by atoms with van der Waals surface area (Å²) in [6.07, 6.45) is -1.78. The van der Waals surface area contributed by atoms with E-state index in [1.165, 1.54) is 13.0 Å². The van der Waals surface area contributed by atoms with Crippen molar-refractivity contribution in [2.75, 3.05) is 6.54 Å². The number of nitrogens with one attached hydrogen (secondary N) is 1. The molecule has 4 N–H and O–H groups in total. The van der Waals surface area contributed by atoms with E-state index in [0.29, 0.717) is 17.7 Å². The second kappa shape index (κ2) is 6.91. The Morgan fingerprint density at radius 2 is 1.90 bits per heavy atom. The number of hydrogen-bond acceptors (Lipinski definition) is 4. The fraction of sp³-hybridized carbons (Fsp3) is 0.562. The Kier molecular flexibility index (Phi) is 5.75. The largest absolute Gasteiger partial charge is 0.508 e. The average molecular weight is 295 g/mol. The second-order valence-electron chi connectivity index (χ2n) is 6.31. The maximum atomic E-state index is 10.8. The first kappa shape index (κ1) is 17.5. The van der Waals surface area contributed by atoms with Crippen molar-refractivity contribution in [2.24, 2.45) is 0 Å². The molecular formula is C16H25NO4. The van der Waals surface area contributed by atoms with Gasteiger partial charge in [-0.2, -0.15) is 0 Å². The van der Waals surface area contributed by atoms with Gasteiger partial charge in [-0.1, -0.05) is 26.8 Å². The molecule has 2 atom stereocenters. The zero-order chi connectivity index (χ0) is 16.2. The van der Waals surface area contributed by atoms with Crippen LogP contribution < -0.4 is 5.32 Å². The van der Waals surface area contributed by atoms with E-state index in [1.807, 2.05) is 20.8 Å². The quantitative estimate of drug-likeness (QED) is 0.664. The van der Waals surface area contributed by atoms with Gasteiger partial charge in [0.2, 0.25) is 5.91 Å². The zero-order valence-electron chi connectivity index (χ0n) is 13.1. The van der Waals surface area contributed by atoms with E-state index in [-0.39, 0.29) is 23.5 Å². The van der Waals surface area contributed by atoms with Crippen LogP contribution in [0.3, 0.4) is 0 Å². The molecule has 5 heteroatoms. The SMILES string of the molecule is CC(=O)NCCC(O)C(O)c1ccc(O)c(C(C)(C)C)c1. The van der Waals surface area contributed by atoms with Crippen LogP contribution in [0.5, 0.6) is 5.75 Å². The summed E-state index contributed by atoms with van der Waals surface area (Å²) >= 11 is 0. The van der Waals surface area contributed by atoms with Crippen molar-refractivity contribution in [3.8, 4) is 5.75 Å². The second-order valence-corrected chi connectivity index (χ2v) is 6.31. The summed E-state index contributed by atoms with van der Waals surface area (Å²) < 4.78 is 0. The molecular weight excluding hydrogens is 270 g/mol. The molecule has 0 spiro atoms. The number of phenols is 1. The molecule has 1 rings (SSSR count). The van der Waals surface area contributed by atoms with Gasteiger partial charge in [0.05, 0.1) is 6.10 Å². The fourth-order valence-corrected chi connectivity index (χ4v) is 2.11. The summed E-state index contributed by atoms with van der Waals surface area (Å²) in [4.78, 5) is 10.8. The van der Waals surface area contributed by atoms with Crippen molar-refractivity contribution >= 4 is 5.91 Å². The van der Waals surface area contributed by atoms with Crippen LogP contribution >= 0.6 is 0 Å². The topological polar surface area (TPSA) is 89.8 Å². The van der Waals surface area contributed by atoms with Crippen molar-refractivity contribution in [3.63, 3.8) is 0 Å². The number of hydrogen-bond donors (Lipinski definition) is 4. The van der Waals surface area contributed by atoms with Crippen LogP contribution in [0.1, 0.15) is 51.3 Å². The minimum absolute atomic E-state index is 0.170. The van der Waals surface area contributed by atoms with Crippen LogP contribution in [0.15, 0.2) is 18.2 Å². The minimum atomic E-state index is -1.06. The van der Waals surface area contributed by atoms with Crippen LogP contribution in [-0.4, -0.2) is 33.9 Å². The van der Waals surface area contributed by atoms with Crippen LogP contribution in [0.4, 0.5) is 0 Å². The van der Waals surface area contributed by atoms with Crippen molar-refractivity contribution in [3.05, 3.63) is 29.3 Å². The summed E-state index contributed by atoms with van der Waals surface area (Å²) in [6, 6.07) is 4.83. The Bertz CT molecular complexity index is 494. The molecule has 0 bridgehead atoms. The lowest BCUT2D eigenvalue weighted by Crippen LogP contribution is -2.27. The van der Waals surface area contributed by atoms with Crippen molar-refractivity contribution in [2.45, 2.75) is 51.7 Å². The van der Waals surface area contributed by atoms with Gasteiger partial charge >= 0.3 is 0 Å². The number of amides is 1. The average Bonchev–Trinajstić information content (AvgIpc) is 2.36. The first-order chi connectivity index (χ1) is 9.62. The molecule has 0 aliphatic heterocycles. The number of rotatable bonds is 5. The first-order valence-corrected chi connectivity index (χ1v) is 7.07. The number of benzene rings is 1. The van der Waals surface area contributed by atoms with E-state index < -0.39 is 12.2 Å². The van der Waals surface area contributed by atoms with Gasteiger partial charge < -0.3 is 20.6 Å². The van der Waals surface area contributed by atoms with E-state index in [4.69, 9.17) is 0 Å². The number of carbonyl (C=O) groups is 1. The summed E-state index contributed by atoms with van der Waals surface area (Å²) in [6.45, 7) is 7.60. The van der Waals surface area contributed by atoms with E-state index in [1.54, 1.807) is 12.1 Å². The Morgan fingerprint density at radius 1 is 1.29 bits per heavy atom. The number of phenolic OH excluding ortho intramolecular Hbond substituents is 1. The van der Waals surface area contributed by atoms with Gasteiger partial charge in [-0.25, -0.2) is 0 Å². The van der Waals surface area contributed by atoms with Gasteiger partial charge in [-0.15, -0.1) is 0 Å². The minimum Gasteiger partial charge on any atom is -0.508 e. The predicted molar refractivity (Wildman–Crippen MR) is 81.1 cm³/mol. The first-order valence-electron chi connectivity index (χ1n) is 7.07. The third-order valence-electron chi connectivity index (χ3n) is 3.35. The summed E-state index contributed by atoms with van der Waals surface area (Å²) in [5.41, 5.74) is 1.00. The summed E-state index contributed by atoms with van der Waals surface area (Å²) in [5, 5.41) is 32.7. The lowest BCUT2D eigenvalue weighted by Gasteiger charge is -2.24. The third-order valence-corrected chi connectivity index (χ3v) is 3.35. The molecule has 0 saturated carbocycles. The highest BCUT2D eigenvalue weighted by atomic mass is 16.3. The Labute approximate surface area is 125 Å². The molecule has 0 radical (unpaired) electrons. The number of aromatic hydroxyl groups is 1. The van der Waals surface area contributed by atoms with Crippen molar-refractivity contribution in [1.29, 1.82) is 0 Å². The van der Waals surface area contributed by atoms with Crippen LogP contribution in [0.2, 0.25) is 0 Å². The zero-order valence-corrected chi connectivity index (χ0v) is 13.1. The predicted octanol–water partition coefficient (Wildman–Crippen LogP) is 1.61. The highest BCUT2D eigenvalue weighted by Crippen LogP contribution is 2.33. The van der Waals surface area contributed by atoms with Gasteiger partial charge in [0, 0.05) is 13.5 Å². The maximum absolute atomic E-state index is 10.8. The molecule has 0 saturated heterocycles. The molecule has 1 amide bonds. The van der Waals surface area contributed by atoms with Gasteiger partial charge in [-0.3, -0.25) is 4.79 Å². The van der Waals surface area contributed by atoms with Crippen LogP contribution in [-0.2, 0) is 10.2 Å². The molecule has 0 aliphatic carbocycles. The van der Waals surface area contributed by atoms with E-state index in [2.05, 4.69) is 5.32 Å². The Morgan fingerprint density at radius 3 is 2.43 bits per heavy atom. The van der Waals surface area contributed by atoms with Crippen molar-refractivity contribution < 1.29 is 20.1 Å².